The number of carbonyl (C=O) groups is 1. The third-order valence-corrected chi connectivity index (χ3v) is 3.72. The van der Waals surface area contributed by atoms with E-state index in [2.05, 4.69) is 19.1 Å². The lowest BCUT2D eigenvalue weighted by molar-refractivity contribution is 0.0248. The fourth-order valence-corrected chi connectivity index (χ4v) is 2.70. The first kappa shape index (κ1) is 15.8. The summed E-state index contributed by atoms with van der Waals surface area (Å²) in [5.41, 5.74) is 2.94. The van der Waals surface area contributed by atoms with Crippen LogP contribution in [0.1, 0.15) is 50.3 Å². The van der Waals surface area contributed by atoms with Crippen molar-refractivity contribution in [2.24, 2.45) is 0 Å². The van der Waals surface area contributed by atoms with E-state index >= 15 is 0 Å². The van der Waals surface area contributed by atoms with Gasteiger partial charge in [0.25, 0.3) is 0 Å². The van der Waals surface area contributed by atoms with E-state index in [0.29, 0.717) is 13.1 Å². The minimum atomic E-state index is -0.469. The number of aliphatic hydroxyl groups excluding tert-OH is 1. The number of aliphatic hydroxyl groups is 1. The van der Waals surface area contributed by atoms with Gasteiger partial charge in [-0.3, -0.25) is 0 Å². The van der Waals surface area contributed by atoms with Gasteiger partial charge in [0.1, 0.15) is 5.60 Å². The second kappa shape index (κ2) is 6.06. The highest BCUT2D eigenvalue weighted by molar-refractivity contribution is 5.68. The molecule has 21 heavy (non-hydrogen) atoms. The molecular weight excluding hydrogens is 266 g/mol. The number of ether oxygens (including phenoxy) is 1. The number of carbonyl (C=O) groups excluding carboxylic acids is 1. The maximum absolute atomic E-state index is 12.2. The van der Waals surface area contributed by atoms with E-state index in [0.717, 1.165) is 12.0 Å². The van der Waals surface area contributed by atoms with Crippen LogP contribution in [0.3, 0.4) is 0 Å². The highest BCUT2D eigenvalue weighted by atomic mass is 16.6. The molecule has 0 radical (unpaired) electrons. The topological polar surface area (TPSA) is 49.8 Å². The molecule has 0 bridgehead atoms. The van der Waals surface area contributed by atoms with Gasteiger partial charge in [0.15, 0.2) is 0 Å². The maximum atomic E-state index is 12.2. The summed E-state index contributed by atoms with van der Waals surface area (Å²) in [7, 11) is 0. The Bertz CT molecular complexity index is 519. The number of hydrogen-bond donors (Lipinski definition) is 1. The first-order valence-corrected chi connectivity index (χ1v) is 7.50. The second-order valence-electron chi connectivity index (χ2n) is 6.77. The summed E-state index contributed by atoms with van der Waals surface area (Å²) in [6.07, 6.45) is 0.578. The molecule has 1 heterocycles. The summed E-state index contributed by atoms with van der Waals surface area (Å²) in [6, 6.07) is 6.07. The van der Waals surface area contributed by atoms with Gasteiger partial charge >= 0.3 is 6.09 Å². The lowest BCUT2D eigenvalue weighted by Gasteiger charge is -2.27. The number of nitrogens with zero attached hydrogens (tertiary/aromatic N) is 1. The van der Waals surface area contributed by atoms with Gasteiger partial charge in [0.05, 0.1) is 6.61 Å². The van der Waals surface area contributed by atoms with E-state index < -0.39 is 5.60 Å². The molecule has 1 aliphatic rings. The van der Waals surface area contributed by atoms with Crippen molar-refractivity contribution in [3.8, 4) is 0 Å². The quantitative estimate of drug-likeness (QED) is 0.865. The molecule has 116 valence electrons. The zero-order valence-corrected chi connectivity index (χ0v) is 13.3. The first-order valence-electron chi connectivity index (χ1n) is 7.50. The molecule has 2 rings (SSSR count). The molecule has 1 atom stereocenters. The van der Waals surface area contributed by atoms with Gasteiger partial charge in [-0.2, -0.15) is 0 Å². The first-order chi connectivity index (χ1) is 9.80. The Balaban J connectivity index is 2.16. The summed E-state index contributed by atoms with van der Waals surface area (Å²) in [5, 5.41) is 9.28. The van der Waals surface area contributed by atoms with Gasteiger partial charge in [0.2, 0.25) is 0 Å². The zero-order valence-electron chi connectivity index (χ0n) is 13.3. The molecule has 0 fully saturated rings. The molecule has 0 saturated heterocycles. The fraction of sp³-hybridized carbons (Fsp3) is 0.588. The standard InChI is InChI=1S/C17H25NO3/c1-12-10-18(16(20)21-17(2,3)4)8-7-14-6-5-13(11-19)9-15(12)14/h5-6,9,12,19H,7-8,10-11H2,1-4H3/t12-/m0/s1. The average molecular weight is 291 g/mol. The minimum absolute atomic E-state index is 0.0514. The number of hydrogen-bond acceptors (Lipinski definition) is 3. The van der Waals surface area contributed by atoms with E-state index in [1.54, 1.807) is 4.90 Å². The molecule has 4 nitrogen and oxygen atoms in total. The van der Waals surface area contributed by atoms with Crippen molar-refractivity contribution in [3.05, 3.63) is 34.9 Å². The minimum Gasteiger partial charge on any atom is -0.444 e. The Hall–Kier alpha value is -1.55. The Labute approximate surface area is 126 Å². The molecule has 4 heteroatoms. The van der Waals surface area contributed by atoms with Crippen LogP contribution in [0.4, 0.5) is 4.79 Å². The van der Waals surface area contributed by atoms with Gasteiger partial charge in [0, 0.05) is 13.1 Å². The SMILES string of the molecule is C[C@H]1CN(C(=O)OC(C)(C)C)CCc2ccc(CO)cc21. The van der Waals surface area contributed by atoms with Crippen LogP contribution in [-0.4, -0.2) is 34.8 Å². The molecule has 0 saturated carbocycles. The number of rotatable bonds is 1. The van der Waals surface area contributed by atoms with Crippen LogP contribution in [0.15, 0.2) is 18.2 Å². The summed E-state index contributed by atoms with van der Waals surface area (Å²) < 4.78 is 5.47. The van der Waals surface area contributed by atoms with Crippen LogP contribution in [0.5, 0.6) is 0 Å². The lowest BCUT2D eigenvalue weighted by atomic mass is 9.93. The molecule has 1 aromatic carbocycles. The van der Waals surface area contributed by atoms with E-state index in [1.807, 2.05) is 26.8 Å². The predicted molar refractivity (Wildman–Crippen MR) is 82.3 cm³/mol. The van der Waals surface area contributed by atoms with Crippen molar-refractivity contribution in [2.45, 2.75) is 52.2 Å². The predicted octanol–water partition coefficient (Wildman–Crippen LogP) is 3.08. The van der Waals surface area contributed by atoms with Crippen molar-refractivity contribution in [3.63, 3.8) is 0 Å². The maximum Gasteiger partial charge on any atom is 0.410 e. The summed E-state index contributed by atoms with van der Waals surface area (Å²) in [5.74, 6) is 0.238. The zero-order chi connectivity index (χ0) is 15.6. The third kappa shape index (κ3) is 3.97. The highest BCUT2D eigenvalue weighted by Gasteiger charge is 2.27. The number of fused-ring (bicyclic) bond motifs is 1. The Kier molecular flexibility index (Phi) is 4.57. The van der Waals surface area contributed by atoms with Gasteiger partial charge in [-0.25, -0.2) is 4.79 Å². The highest BCUT2D eigenvalue weighted by Crippen LogP contribution is 2.27. The average Bonchev–Trinajstić information content (AvgIpc) is 2.56. The molecule has 1 amide bonds. The largest absolute Gasteiger partial charge is 0.444 e. The van der Waals surface area contributed by atoms with Crippen LogP contribution >= 0.6 is 0 Å². The van der Waals surface area contributed by atoms with E-state index in [9.17, 15) is 9.90 Å². The summed E-state index contributed by atoms with van der Waals surface area (Å²) in [4.78, 5) is 14.0. The van der Waals surface area contributed by atoms with Gasteiger partial charge in [-0.1, -0.05) is 25.1 Å². The second-order valence-corrected chi connectivity index (χ2v) is 6.77. The summed E-state index contributed by atoms with van der Waals surface area (Å²) >= 11 is 0. The molecule has 0 spiro atoms. The molecule has 1 aliphatic heterocycles. The lowest BCUT2D eigenvalue weighted by Crippen LogP contribution is -2.38. The number of amides is 1. The van der Waals surface area contributed by atoms with Crippen molar-refractivity contribution in [1.82, 2.24) is 4.90 Å². The Morgan fingerprint density at radius 3 is 2.76 bits per heavy atom. The smallest absolute Gasteiger partial charge is 0.410 e. The van der Waals surface area contributed by atoms with Gasteiger partial charge in [-0.15, -0.1) is 0 Å². The van der Waals surface area contributed by atoms with E-state index in [4.69, 9.17) is 4.74 Å². The van der Waals surface area contributed by atoms with Crippen molar-refractivity contribution in [2.75, 3.05) is 13.1 Å². The van der Waals surface area contributed by atoms with Crippen molar-refractivity contribution < 1.29 is 14.6 Å². The molecule has 0 unspecified atom stereocenters. The fourth-order valence-electron chi connectivity index (χ4n) is 2.70. The molecular formula is C17H25NO3. The van der Waals surface area contributed by atoms with E-state index in [1.165, 1.54) is 11.1 Å². The van der Waals surface area contributed by atoms with Gasteiger partial charge in [-0.05, 0) is 49.8 Å². The van der Waals surface area contributed by atoms with Crippen LogP contribution in [0, 0.1) is 0 Å². The molecule has 0 aliphatic carbocycles. The van der Waals surface area contributed by atoms with Crippen LogP contribution < -0.4 is 0 Å². The monoisotopic (exact) mass is 291 g/mol. The van der Waals surface area contributed by atoms with Gasteiger partial charge < -0.3 is 14.7 Å². The molecule has 0 aromatic heterocycles. The van der Waals surface area contributed by atoms with Crippen molar-refractivity contribution >= 4 is 6.09 Å². The summed E-state index contributed by atoms with van der Waals surface area (Å²) in [6.45, 7) is 9.14. The third-order valence-electron chi connectivity index (χ3n) is 3.72. The normalized spacial score (nSPS) is 18.9. The van der Waals surface area contributed by atoms with Crippen LogP contribution in [0.2, 0.25) is 0 Å². The molecule has 1 aromatic rings. The molecule has 1 N–H and O–H groups in total. The Morgan fingerprint density at radius 1 is 1.43 bits per heavy atom. The number of benzene rings is 1. The van der Waals surface area contributed by atoms with Crippen molar-refractivity contribution in [1.29, 1.82) is 0 Å². The van der Waals surface area contributed by atoms with Crippen LogP contribution in [-0.2, 0) is 17.8 Å². The van der Waals surface area contributed by atoms with E-state index in [-0.39, 0.29) is 18.6 Å². The Morgan fingerprint density at radius 2 is 2.14 bits per heavy atom. The van der Waals surface area contributed by atoms with Crippen LogP contribution in [0.25, 0.3) is 0 Å².